The van der Waals surface area contributed by atoms with Crippen molar-refractivity contribution in [3.8, 4) is 0 Å². The van der Waals surface area contributed by atoms with E-state index in [2.05, 4.69) is 24.5 Å². The molecule has 0 radical (unpaired) electrons. The van der Waals surface area contributed by atoms with Crippen LogP contribution >= 0.6 is 0 Å². The second-order valence-corrected chi connectivity index (χ2v) is 7.53. The van der Waals surface area contributed by atoms with Crippen molar-refractivity contribution < 1.29 is 14.4 Å². The molecule has 0 aromatic rings. The lowest BCUT2D eigenvalue weighted by molar-refractivity contribution is -0.130. The molecule has 0 bridgehead atoms. The highest BCUT2D eigenvalue weighted by molar-refractivity contribution is 6.06. The Morgan fingerprint density at radius 3 is 2.43 bits per heavy atom. The van der Waals surface area contributed by atoms with E-state index in [4.69, 9.17) is 5.73 Å². The minimum Gasteiger partial charge on any atom is -0.350 e. The van der Waals surface area contributed by atoms with Crippen LogP contribution in [0.3, 0.4) is 0 Å². The molecule has 1 unspecified atom stereocenters. The summed E-state index contributed by atoms with van der Waals surface area (Å²) in [7, 11) is 0. The number of nitrogens with zero attached hydrogens (tertiary/aromatic N) is 1. The smallest absolute Gasteiger partial charge is 0.325 e. The molecule has 1 heterocycles. The van der Waals surface area contributed by atoms with Crippen LogP contribution in [-0.4, -0.2) is 46.9 Å². The minimum atomic E-state index is -0.866. The van der Waals surface area contributed by atoms with Crippen LogP contribution in [0.1, 0.15) is 53.9 Å². The Balaban J connectivity index is 2.45. The number of hydrogen-bond donors (Lipinski definition) is 3. The highest BCUT2D eigenvalue weighted by atomic mass is 16.2. The Labute approximate surface area is 138 Å². The van der Waals surface area contributed by atoms with Gasteiger partial charge >= 0.3 is 6.03 Å². The molecule has 1 rings (SSSR count). The molecular weight excluding hydrogens is 296 g/mol. The summed E-state index contributed by atoms with van der Waals surface area (Å²) in [5.41, 5.74) is 4.49. The standard InChI is InChI=1S/C16H30N4O3/c1-11(2)9-16(5,10-17)18-12(21)7-6-8-20-13(22)15(3,4)19-14(20)23/h11H,6-10,17H2,1-5H3,(H,18,21)(H,19,23). The molecule has 1 aliphatic heterocycles. The summed E-state index contributed by atoms with van der Waals surface area (Å²) in [5, 5.41) is 5.59. The lowest BCUT2D eigenvalue weighted by Crippen LogP contribution is -2.52. The monoisotopic (exact) mass is 326 g/mol. The summed E-state index contributed by atoms with van der Waals surface area (Å²) >= 11 is 0. The number of nitrogens with one attached hydrogen (secondary N) is 2. The summed E-state index contributed by atoms with van der Waals surface area (Å²) < 4.78 is 0. The molecule has 4 N–H and O–H groups in total. The molecule has 1 saturated heterocycles. The zero-order chi connectivity index (χ0) is 17.8. The molecule has 0 aromatic heterocycles. The maximum Gasteiger partial charge on any atom is 0.325 e. The van der Waals surface area contributed by atoms with Crippen molar-refractivity contribution >= 4 is 17.8 Å². The third-order valence-electron chi connectivity index (χ3n) is 3.98. The summed E-state index contributed by atoms with van der Waals surface area (Å²) in [6.45, 7) is 10.0. The topological polar surface area (TPSA) is 105 Å². The number of carbonyl (C=O) groups is 3. The summed E-state index contributed by atoms with van der Waals surface area (Å²) in [6.07, 6.45) is 1.49. The van der Waals surface area contributed by atoms with Gasteiger partial charge in [0.1, 0.15) is 5.54 Å². The van der Waals surface area contributed by atoms with Gasteiger partial charge in [-0.15, -0.1) is 0 Å². The van der Waals surface area contributed by atoms with Gasteiger partial charge in [-0.2, -0.15) is 0 Å². The van der Waals surface area contributed by atoms with Crippen LogP contribution in [-0.2, 0) is 9.59 Å². The molecular formula is C16H30N4O3. The summed E-state index contributed by atoms with van der Waals surface area (Å²) in [4.78, 5) is 37.0. The first-order valence-corrected chi connectivity index (χ1v) is 8.16. The Bertz CT molecular complexity index is 476. The van der Waals surface area contributed by atoms with E-state index < -0.39 is 17.1 Å². The number of nitrogens with two attached hydrogens (primary N) is 1. The maximum atomic E-state index is 12.1. The minimum absolute atomic E-state index is 0.107. The van der Waals surface area contributed by atoms with E-state index in [1.807, 2.05) is 6.92 Å². The molecule has 132 valence electrons. The van der Waals surface area contributed by atoms with E-state index in [-0.39, 0.29) is 24.8 Å². The zero-order valence-corrected chi connectivity index (χ0v) is 14.9. The fourth-order valence-electron chi connectivity index (χ4n) is 2.90. The van der Waals surface area contributed by atoms with Crippen LogP contribution in [0.25, 0.3) is 0 Å². The molecule has 0 saturated carbocycles. The lowest BCUT2D eigenvalue weighted by Gasteiger charge is -2.31. The van der Waals surface area contributed by atoms with Crippen molar-refractivity contribution in [2.24, 2.45) is 11.7 Å². The maximum absolute atomic E-state index is 12.1. The molecule has 1 aliphatic rings. The molecule has 0 aliphatic carbocycles. The van der Waals surface area contributed by atoms with E-state index in [1.165, 1.54) is 4.90 Å². The number of rotatable bonds is 8. The van der Waals surface area contributed by atoms with Crippen LogP contribution in [0.4, 0.5) is 4.79 Å². The SMILES string of the molecule is CC(C)CC(C)(CN)NC(=O)CCCN1C(=O)NC(C)(C)C1=O. The van der Waals surface area contributed by atoms with E-state index in [1.54, 1.807) is 13.8 Å². The third kappa shape index (κ3) is 5.20. The highest BCUT2D eigenvalue weighted by Crippen LogP contribution is 2.18. The average Bonchev–Trinajstić information content (AvgIpc) is 2.59. The fraction of sp³-hybridized carbons (Fsp3) is 0.812. The van der Waals surface area contributed by atoms with E-state index >= 15 is 0 Å². The Hall–Kier alpha value is -1.63. The number of urea groups is 1. The van der Waals surface area contributed by atoms with Gasteiger partial charge in [0.15, 0.2) is 0 Å². The molecule has 0 spiro atoms. The normalized spacial score (nSPS) is 19.7. The molecule has 4 amide bonds. The van der Waals surface area contributed by atoms with Crippen molar-refractivity contribution in [3.05, 3.63) is 0 Å². The van der Waals surface area contributed by atoms with Crippen molar-refractivity contribution in [1.82, 2.24) is 15.5 Å². The number of carbonyl (C=O) groups excluding carboxylic acids is 3. The van der Waals surface area contributed by atoms with Crippen molar-refractivity contribution in [2.75, 3.05) is 13.1 Å². The van der Waals surface area contributed by atoms with E-state index in [9.17, 15) is 14.4 Å². The number of amides is 4. The van der Waals surface area contributed by atoms with Crippen LogP contribution < -0.4 is 16.4 Å². The largest absolute Gasteiger partial charge is 0.350 e. The molecule has 7 heteroatoms. The Morgan fingerprint density at radius 2 is 2.00 bits per heavy atom. The predicted molar refractivity (Wildman–Crippen MR) is 88.6 cm³/mol. The zero-order valence-electron chi connectivity index (χ0n) is 14.9. The van der Waals surface area contributed by atoms with Gasteiger partial charge in [0.05, 0.1) is 0 Å². The Kier molecular flexibility index (Phi) is 6.16. The van der Waals surface area contributed by atoms with Crippen LogP contribution in [0.2, 0.25) is 0 Å². The molecule has 1 fully saturated rings. The molecule has 7 nitrogen and oxygen atoms in total. The van der Waals surface area contributed by atoms with Crippen LogP contribution in [0.5, 0.6) is 0 Å². The highest BCUT2D eigenvalue weighted by Gasteiger charge is 2.43. The number of imide groups is 1. The van der Waals surface area contributed by atoms with Gasteiger partial charge in [-0.05, 0) is 39.5 Å². The van der Waals surface area contributed by atoms with E-state index in [0.29, 0.717) is 18.9 Å². The van der Waals surface area contributed by atoms with Crippen LogP contribution in [0.15, 0.2) is 0 Å². The van der Waals surface area contributed by atoms with Crippen molar-refractivity contribution in [1.29, 1.82) is 0 Å². The summed E-state index contributed by atoms with van der Waals surface area (Å²) in [5.74, 6) is 0.0661. The van der Waals surface area contributed by atoms with Gasteiger partial charge in [0.2, 0.25) is 5.91 Å². The van der Waals surface area contributed by atoms with Crippen LogP contribution in [0, 0.1) is 5.92 Å². The van der Waals surface area contributed by atoms with Gasteiger partial charge in [0, 0.05) is 25.0 Å². The van der Waals surface area contributed by atoms with Gasteiger partial charge < -0.3 is 16.4 Å². The molecule has 23 heavy (non-hydrogen) atoms. The van der Waals surface area contributed by atoms with Crippen molar-refractivity contribution in [3.63, 3.8) is 0 Å². The van der Waals surface area contributed by atoms with E-state index in [0.717, 1.165) is 6.42 Å². The summed E-state index contributed by atoms with van der Waals surface area (Å²) in [6, 6.07) is -0.396. The molecule has 1 atom stereocenters. The quantitative estimate of drug-likeness (QED) is 0.578. The second-order valence-electron chi connectivity index (χ2n) is 7.53. The van der Waals surface area contributed by atoms with Gasteiger partial charge in [-0.1, -0.05) is 13.8 Å². The average molecular weight is 326 g/mol. The Morgan fingerprint density at radius 1 is 1.39 bits per heavy atom. The van der Waals surface area contributed by atoms with Gasteiger partial charge in [-0.25, -0.2) is 4.79 Å². The third-order valence-corrected chi connectivity index (χ3v) is 3.98. The first kappa shape index (κ1) is 19.4. The first-order chi connectivity index (χ1) is 10.5. The lowest BCUT2D eigenvalue weighted by atomic mass is 9.90. The molecule has 0 aromatic carbocycles. The number of hydrogen-bond acceptors (Lipinski definition) is 4. The van der Waals surface area contributed by atoms with Crippen molar-refractivity contribution in [2.45, 2.75) is 65.0 Å². The fourth-order valence-corrected chi connectivity index (χ4v) is 2.90. The first-order valence-electron chi connectivity index (χ1n) is 8.16. The van der Waals surface area contributed by atoms with Gasteiger partial charge in [-0.3, -0.25) is 14.5 Å². The predicted octanol–water partition coefficient (Wildman–Crippen LogP) is 0.977. The second kappa shape index (κ2) is 7.29. The van der Waals surface area contributed by atoms with Gasteiger partial charge in [0.25, 0.3) is 5.91 Å².